The number of nitrogens with one attached hydrogen (secondary N) is 3. The number of hydrogen-bond acceptors (Lipinski definition) is 5. The Morgan fingerprint density at radius 1 is 1.28 bits per heavy atom. The lowest BCUT2D eigenvalue weighted by Crippen LogP contribution is -2.39. The van der Waals surface area contributed by atoms with Gasteiger partial charge < -0.3 is 25.3 Å². The minimum Gasteiger partial charge on any atom is -0.492 e. The molecular weight excluding hydrogens is 485 g/mol. The van der Waals surface area contributed by atoms with Crippen LogP contribution in [0.4, 0.5) is 5.69 Å². The first-order chi connectivity index (χ1) is 13.6. The molecular formula is C19H30IN7O2. The first kappa shape index (κ1) is 24.7. The van der Waals surface area contributed by atoms with Gasteiger partial charge in [-0.25, -0.2) is 0 Å². The topological polar surface area (TPSA) is 105 Å². The third kappa shape index (κ3) is 9.11. The van der Waals surface area contributed by atoms with Crippen LogP contribution in [0.25, 0.3) is 0 Å². The summed E-state index contributed by atoms with van der Waals surface area (Å²) in [6, 6.07) is 7.32. The zero-order chi connectivity index (χ0) is 20.2. The van der Waals surface area contributed by atoms with Crippen LogP contribution in [-0.4, -0.2) is 52.9 Å². The Labute approximate surface area is 188 Å². The van der Waals surface area contributed by atoms with Crippen LogP contribution in [0.15, 0.2) is 35.6 Å². The maximum Gasteiger partial charge on any atom is 0.221 e. The van der Waals surface area contributed by atoms with E-state index in [1.807, 2.05) is 29.7 Å². The number of carbonyl (C=O) groups is 1. The Balaban J connectivity index is 0.00000420. The van der Waals surface area contributed by atoms with Gasteiger partial charge in [0.15, 0.2) is 5.96 Å². The number of amides is 1. The highest BCUT2D eigenvalue weighted by Crippen LogP contribution is 2.16. The van der Waals surface area contributed by atoms with Crippen LogP contribution in [0.3, 0.4) is 0 Å². The summed E-state index contributed by atoms with van der Waals surface area (Å²) in [6.07, 6.45) is 2.58. The highest BCUT2D eigenvalue weighted by Gasteiger charge is 2.02. The molecule has 0 saturated carbocycles. The van der Waals surface area contributed by atoms with E-state index >= 15 is 0 Å². The van der Waals surface area contributed by atoms with Crippen LogP contribution in [0, 0.1) is 0 Å². The largest absolute Gasteiger partial charge is 0.492 e. The maximum atomic E-state index is 11.1. The van der Waals surface area contributed by atoms with Crippen molar-refractivity contribution in [2.45, 2.75) is 33.7 Å². The van der Waals surface area contributed by atoms with Gasteiger partial charge in [-0.05, 0) is 19.1 Å². The molecule has 0 spiro atoms. The predicted molar refractivity (Wildman–Crippen MR) is 125 cm³/mol. The van der Waals surface area contributed by atoms with E-state index in [1.54, 1.807) is 12.4 Å². The molecule has 160 valence electrons. The summed E-state index contributed by atoms with van der Waals surface area (Å²) in [7, 11) is 0. The number of carbonyl (C=O) groups excluding carboxylic acids is 1. The number of rotatable bonds is 10. The molecule has 0 atom stereocenters. The van der Waals surface area contributed by atoms with Gasteiger partial charge in [-0.1, -0.05) is 13.0 Å². The molecule has 1 aromatic heterocycles. The van der Waals surface area contributed by atoms with Crippen molar-refractivity contribution in [3.63, 3.8) is 0 Å². The number of guanidine groups is 1. The molecule has 0 aliphatic heterocycles. The third-order valence-corrected chi connectivity index (χ3v) is 3.78. The van der Waals surface area contributed by atoms with Crippen molar-refractivity contribution >= 4 is 41.5 Å². The average molecular weight is 515 g/mol. The highest BCUT2D eigenvalue weighted by molar-refractivity contribution is 14.0. The Morgan fingerprint density at radius 2 is 2.10 bits per heavy atom. The normalized spacial score (nSPS) is 10.8. The van der Waals surface area contributed by atoms with Crippen LogP contribution in [0.5, 0.6) is 5.75 Å². The van der Waals surface area contributed by atoms with E-state index in [0.29, 0.717) is 31.1 Å². The van der Waals surface area contributed by atoms with Gasteiger partial charge in [0.1, 0.15) is 24.5 Å². The lowest BCUT2D eigenvalue weighted by atomic mass is 10.3. The van der Waals surface area contributed by atoms with Crippen molar-refractivity contribution in [1.82, 2.24) is 25.4 Å². The first-order valence-corrected chi connectivity index (χ1v) is 9.51. The van der Waals surface area contributed by atoms with E-state index in [1.165, 1.54) is 6.92 Å². The number of anilines is 1. The van der Waals surface area contributed by atoms with Gasteiger partial charge >= 0.3 is 0 Å². The van der Waals surface area contributed by atoms with Crippen molar-refractivity contribution in [2.24, 2.45) is 4.99 Å². The maximum absolute atomic E-state index is 11.1. The molecule has 0 unspecified atom stereocenters. The molecule has 2 rings (SSSR count). The van der Waals surface area contributed by atoms with E-state index < -0.39 is 0 Å². The standard InChI is InChI=1S/C19H29N7O2.HI/c1-4-18-25-23-14-26(18)11-9-21-19(20-5-2)22-10-12-28-17-8-6-7-16(13-17)24-15(3)27;/h6-8,13-14H,4-5,9-12H2,1-3H3,(H,24,27)(H2,20,21,22);1H. The summed E-state index contributed by atoms with van der Waals surface area (Å²) in [6.45, 7) is 8.77. The molecule has 10 heteroatoms. The first-order valence-electron chi connectivity index (χ1n) is 9.51. The van der Waals surface area contributed by atoms with Gasteiger partial charge in [-0.15, -0.1) is 34.2 Å². The Morgan fingerprint density at radius 3 is 2.83 bits per heavy atom. The average Bonchev–Trinajstić information content (AvgIpc) is 3.12. The fourth-order valence-electron chi connectivity index (χ4n) is 2.56. The Hall–Kier alpha value is -2.37. The molecule has 0 radical (unpaired) electrons. The molecule has 1 aromatic carbocycles. The fraction of sp³-hybridized carbons (Fsp3) is 0.474. The SMILES string of the molecule is CCNC(=NCCn1cnnc1CC)NCCOc1cccc(NC(C)=O)c1.I. The van der Waals surface area contributed by atoms with E-state index in [2.05, 4.69) is 38.1 Å². The van der Waals surface area contributed by atoms with Gasteiger partial charge in [-0.3, -0.25) is 9.79 Å². The van der Waals surface area contributed by atoms with Gasteiger partial charge in [0.05, 0.1) is 13.1 Å². The summed E-state index contributed by atoms with van der Waals surface area (Å²) >= 11 is 0. The van der Waals surface area contributed by atoms with Crippen molar-refractivity contribution in [3.8, 4) is 5.75 Å². The van der Waals surface area contributed by atoms with E-state index in [9.17, 15) is 4.79 Å². The fourth-order valence-corrected chi connectivity index (χ4v) is 2.56. The number of benzene rings is 1. The molecule has 0 fully saturated rings. The van der Waals surface area contributed by atoms with E-state index in [0.717, 1.165) is 31.3 Å². The van der Waals surface area contributed by atoms with Crippen molar-refractivity contribution in [3.05, 3.63) is 36.4 Å². The van der Waals surface area contributed by atoms with E-state index in [4.69, 9.17) is 4.74 Å². The van der Waals surface area contributed by atoms with Crippen LogP contribution in [-0.2, 0) is 17.8 Å². The van der Waals surface area contributed by atoms with Crippen molar-refractivity contribution in [2.75, 3.05) is 31.6 Å². The second-order valence-corrected chi connectivity index (χ2v) is 6.04. The number of ether oxygens (including phenoxy) is 1. The summed E-state index contributed by atoms with van der Waals surface area (Å²) in [5.41, 5.74) is 0.716. The number of nitrogens with zero attached hydrogens (tertiary/aromatic N) is 4. The van der Waals surface area contributed by atoms with Gasteiger partial charge in [0, 0.05) is 38.2 Å². The monoisotopic (exact) mass is 515 g/mol. The summed E-state index contributed by atoms with van der Waals surface area (Å²) in [4.78, 5) is 15.7. The molecule has 9 nitrogen and oxygen atoms in total. The molecule has 29 heavy (non-hydrogen) atoms. The van der Waals surface area contributed by atoms with Crippen LogP contribution < -0.4 is 20.7 Å². The molecule has 1 heterocycles. The molecule has 2 aromatic rings. The van der Waals surface area contributed by atoms with Crippen LogP contribution in [0.2, 0.25) is 0 Å². The summed E-state index contributed by atoms with van der Waals surface area (Å²) < 4.78 is 7.75. The summed E-state index contributed by atoms with van der Waals surface area (Å²) in [5.74, 6) is 2.30. The molecule has 1 amide bonds. The van der Waals surface area contributed by atoms with Gasteiger partial charge in [0.25, 0.3) is 0 Å². The lowest BCUT2D eigenvalue weighted by molar-refractivity contribution is -0.114. The van der Waals surface area contributed by atoms with Crippen LogP contribution in [0.1, 0.15) is 26.6 Å². The Bertz CT molecular complexity index is 779. The van der Waals surface area contributed by atoms with Gasteiger partial charge in [-0.2, -0.15) is 0 Å². The zero-order valence-corrected chi connectivity index (χ0v) is 19.5. The molecule has 0 aliphatic carbocycles. The van der Waals surface area contributed by atoms with Gasteiger partial charge in [0.2, 0.25) is 5.91 Å². The van der Waals surface area contributed by atoms with E-state index in [-0.39, 0.29) is 29.9 Å². The highest BCUT2D eigenvalue weighted by atomic mass is 127. The Kier molecular flexibility index (Phi) is 11.7. The lowest BCUT2D eigenvalue weighted by Gasteiger charge is -2.13. The third-order valence-electron chi connectivity index (χ3n) is 3.78. The second kappa shape index (κ2) is 13.7. The minimum atomic E-state index is -0.108. The molecule has 3 N–H and O–H groups in total. The summed E-state index contributed by atoms with van der Waals surface area (Å²) in [5, 5.41) is 17.2. The smallest absolute Gasteiger partial charge is 0.221 e. The number of aliphatic imine (C=N–C) groups is 1. The number of halogens is 1. The van der Waals surface area contributed by atoms with Crippen molar-refractivity contribution < 1.29 is 9.53 Å². The molecule has 0 bridgehead atoms. The van der Waals surface area contributed by atoms with Crippen LogP contribution >= 0.6 is 24.0 Å². The number of aryl methyl sites for hydroxylation is 1. The zero-order valence-electron chi connectivity index (χ0n) is 17.1. The quantitative estimate of drug-likeness (QED) is 0.194. The second-order valence-electron chi connectivity index (χ2n) is 6.04. The predicted octanol–water partition coefficient (Wildman–Crippen LogP) is 2.05. The molecule has 0 aliphatic rings. The number of hydrogen-bond donors (Lipinski definition) is 3. The van der Waals surface area contributed by atoms with Crippen molar-refractivity contribution in [1.29, 1.82) is 0 Å². The molecule has 0 saturated heterocycles. The number of aromatic nitrogens is 3. The minimum absolute atomic E-state index is 0.